The molecule has 0 atom stereocenters. The summed E-state index contributed by atoms with van der Waals surface area (Å²) in [6.07, 6.45) is 0. The highest BCUT2D eigenvalue weighted by atomic mass is 16.2. The molecular weight excluding hydrogens is 370 g/mol. The minimum absolute atomic E-state index is 0.131. The van der Waals surface area contributed by atoms with E-state index < -0.39 is 5.91 Å². The molecule has 1 aromatic heterocycles. The Bertz CT molecular complexity index is 1150. The maximum absolute atomic E-state index is 12.9. The van der Waals surface area contributed by atoms with Gasteiger partial charge in [0.15, 0.2) is 5.69 Å². The van der Waals surface area contributed by atoms with Crippen molar-refractivity contribution >= 4 is 34.1 Å². The molecule has 2 heterocycles. The summed E-state index contributed by atoms with van der Waals surface area (Å²) < 4.78 is 1.33. The number of nitrogens with zero attached hydrogens (tertiary/aromatic N) is 3. The Morgan fingerprint density at radius 3 is 2.38 bits per heavy atom. The van der Waals surface area contributed by atoms with Gasteiger partial charge < -0.3 is 10.6 Å². The predicted molar refractivity (Wildman–Crippen MR) is 112 cm³/mol. The zero-order valence-electron chi connectivity index (χ0n) is 16.2. The number of aromatic nitrogens is 2. The molecule has 1 fully saturated rings. The van der Waals surface area contributed by atoms with E-state index in [4.69, 9.17) is 0 Å². The largest absolute Gasteiger partial charge is 0.336 e. The van der Waals surface area contributed by atoms with E-state index in [1.54, 1.807) is 53.4 Å². The van der Waals surface area contributed by atoms with E-state index in [1.807, 2.05) is 13.8 Å². The van der Waals surface area contributed by atoms with Crippen LogP contribution in [0.25, 0.3) is 10.8 Å². The van der Waals surface area contributed by atoms with Crippen LogP contribution in [-0.4, -0.2) is 34.8 Å². The van der Waals surface area contributed by atoms with Crippen LogP contribution in [0.2, 0.25) is 0 Å². The average molecular weight is 391 g/mol. The van der Waals surface area contributed by atoms with Gasteiger partial charge in [-0.15, -0.1) is 0 Å². The molecule has 0 radical (unpaired) electrons. The Morgan fingerprint density at radius 1 is 1.07 bits per heavy atom. The summed E-state index contributed by atoms with van der Waals surface area (Å²) in [6, 6.07) is 13.7. The minimum Gasteiger partial charge on any atom is -0.336 e. The topological polar surface area (TPSA) is 96.3 Å². The summed E-state index contributed by atoms with van der Waals surface area (Å²) in [5.74, 6) is -0.401. The average Bonchev–Trinajstić information content (AvgIpc) is 3.14. The number of rotatable bonds is 4. The van der Waals surface area contributed by atoms with Crippen molar-refractivity contribution in [3.05, 3.63) is 64.6 Å². The summed E-state index contributed by atoms with van der Waals surface area (Å²) in [4.78, 5) is 39.0. The van der Waals surface area contributed by atoms with Gasteiger partial charge in [0.05, 0.1) is 11.4 Å². The van der Waals surface area contributed by atoms with Gasteiger partial charge in [0.2, 0.25) is 0 Å². The lowest BCUT2D eigenvalue weighted by molar-refractivity contribution is 0.102. The van der Waals surface area contributed by atoms with Crippen LogP contribution in [0.5, 0.6) is 0 Å². The summed E-state index contributed by atoms with van der Waals surface area (Å²) >= 11 is 0. The molecule has 0 aliphatic carbocycles. The van der Waals surface area contributed by atoms with Crippen molar-refractivity contribution in [2.24, 2.45) is 0 Å². The molecular formula is C21H21N5O3. The third kappa shape index (κ3) is 3.44. The molecule has 0 spiro atoms. The van der Waals surface area contributed by atoms with Crippen LogP contribution in [0.1, 0.15) is 30.4 Å². The van der Waals surface area contributed by atoms with Crippen molar-refractivity contribution in [2.75, 3.05) is 23.3 Å². The Morgan fingerprint density at radius 2 is 1.76 bits per heavy atom. The van der Waals surface area contributed by atoms with Crippen LogP contribution in [-0.2, 0) is 0 Å². The van der Waals surface area contributed by atoms with E-state index in [2.05, 4.69) is 15.7 Å². The fourth-order valence-electron chi connectivity index (χ4n) is 3.36. The highest BCUT2D eigenvalue weighted by Crippen LogP contribution is 2.21. The molecule has 1 aliphatic rings. The smallest absolute Gasteiger partial charge is 0.321 e. The molecule has 4 rings (SSSR count). The van der Waals surface area contributed by atoms with Crippen LogP contribution in [0.3, 0.4) is 0 Å². The van der Waals surface area contributed by atoms with E-state index in [1.165, 1.54) is 4.68 Å². The number of fused-ring (bicyclic) bond motifs is 1. The molecule has 29 heavy (non-hydrogen) atoms. The van der Waals surface area contributed by atoms with Crippen LogP contribution >= 0.6 is 0 Å². The lowest BCUT2D eigenvalue weighted by Crippen LogP contribution is -2.29. The van der Waals surface area contributed by atoms with Crippen molar-refractivity contribution < 1.29 is 9.59 Å². The zero-order valence-corrected chi connectivity index (χ0v) is 16.2. The maximum Gasteiger partial charge on any atom is 0.321 e. The van der Waals surface area contributed by atoms with Gasteiger partial charge in [-0.3, -0.25) is 14.5 Å². The van der Waals surface area contributed by atoms with Gasteiger partial charge in [0.25, 0.3) is 11.5 Å². The second-order valence-corrected chi connectivity index (χ2v) is 7.12. The van der Waals surface area contributed by atoms with Gasteiger partial charge in [0.1, 0.15) is 0 Å². The molecule has 3 amide bonds. The van der Waals surface area contributed by atoms with Crippen LogP contribution in [0.4, 0.5) is 16.2 Å². The lowest BCUT2D eigenvalue weighted by atomic mass is 10.1. The molecule has 148 valence electrons. The first-order chi connectivity index (χ1) is 14.0. The van der Waals surface area contributed by atoms with Crippen molar-refractivity contribution in [2.45, 2.75) is 19.9 Å². The van der Waals surface area contributed by atoms with Crippen LogP contribution < -0.4 is 21.1 Å². The molecule has 1 aliphatic heterocycles. The standard InChI is InChI=1S/C21H21N5O3/c1-13(2)26-20(28)17-6-4-3-5-16(17)18(24-26)19(27)23-14-7-9-15(10-8-14)25-12-11-22-21(25)29/h3-10,13H,11-12H2,1-2H3,(H,22,29)(H,23,27). The third-order valence-electron chi connectivity index (χ3n) is 4.83. The zero-order chi connectivity index (χ0) is 20.5. The van der Waals surface area contributed by atoms with E-state index >= 15 is 0 Å². The number of amides is 3. The van der Waals surface area contributed by atoms with Gasteiger partial charge in [-0.25, -0.2) is 9.48 Å². The van der Waals surface area contributed by atoms with E-state index in [9.17, 15) is 14.4 Å². The number of benzene rings is 2. The number of anilines is 2. The van der Waals surface area contributed by atoms with Gasteiger partial charge in [0, 0.05) is 29.9 Å². The second-order valence-electron chi connectivity index (χ2n) is 7.12. The van der Waals surface area contributed by atoms with E-state index in [0.717, 1.165) is 5.69 Å². The lowest BCUT2D eigenvalue weighted by Gasteiger charge is -2.15. The van der Waals surface area contributed by atoms with Crippen LogP contribution in [0.15, 0.2) is 53.3 Å². The number of urea groups is 1. The number of hydrogen-bond donors (Lipinski definition) is 2. The number of carbonyl (C=O) groups is 2. The quantitative estimate of drug-likeness (QED) is 0.715. The Hall–Kier alpha value is -3.68. The van der Waals surface area contributed by atoms with Crippen molar-refractivity contribution in [3.8, 4) is 0 Å². The minimum atomic E-state index is -0.401. The first-order valence-corrected chi connectivity index (χ1v) is 9.44. The molecule has 2 aromatic carbocycles. The first kappa shape index (κ1) is 18.7. The van der Waals surface area contributed by atoms with E-state index in [-0.39, 0.29) is 23.3 Å². The van der Waals surface area contributed by atoms with Gasteiger partial charge in [-0.2, -0.15) is 5.10 Å². The molecule has 0 saturated carbocycles. The Balaban J connectivity index is 1.65. The maximum atomic E-state index is 12.9. The highest BCUT2D eigenvalue weighted by molar-refractivity contribution is 6.11. The van der Waals surface area contributed by atoms with Gasteiger partial charge >= 0.3 is 6.03 Å². The Labute approximate surface area is 167 Å². The van der Waals surface area contributed by atoms with Gasteiger partial charge in [-0.1, -0.05) is 18.2 Å². The molecule has 3 aromatic rings. The fraction of sp³-hybridized carbons (Fsp3) is 0.238. The normalized spacial score (nSPS) is 13.8. The summed E-state index contributed by atoms with van der Waals surface area (Å²) in [5, 5.41) is 10.9. The van der Waals surface area contributed by atoms with Crippen molar-refractivity contribution in [1.82, 2.24) is 15.1 Å². The number of nitrogens with one attached hydrogen (secondary N) is 2. The first-order valence-electron chi connectivity index (χ1n) is 9.44. The Kier molecular flexibility index (Phi) is 4.75. The number of carbonyl (C=O) groups excluding carboxylic acids is 2. The molecule has 0 unspecified atom stereocenters. The van der Waals surface area contributed by atoms with Crippen molar-refractivity contribution in [3.63, 3.8) is 0 Å². The summed E-state index contributed by atoms with van der Waals surface area (Å²) in [5.41, 5.74) is 1.30. The van der Waals surface area contributed by atoms with Crippen LogP contribution in [0, 0.1) is 0 Å². The van der Waals surface area contributed by atoms with Crippen molar-refractivity contribution in [1.29, 1.82) is 0 Å². The summed E-state index contributed by atoms with van der Waals surface area (Å²) in [7, 11) is 0. The van der Waals surface area contributed by atoms with Gasteiger partial charge in [-0.05, 0) is 44.2 Å². The fourth-order valence-corrected chi connectivity index (χ4v) is 3.36. The highest BCUT2D eigenvalue weighted by Gasteiger charge is 2.21. The van der Waals surface area contributed by atoms with E-state index in [0.29, 0.717) is 29.5 Å². The SMILES string of the molecule is CC(C)n1nc(C(=O)Nc2ccc(N3CCNC3=O)cc2)c2ccccc2c1=O. The predicted octanol–water partition coefficient (Wildman–Crippen LogP) is 2.76. The molecule has 2 N–H and O–H groups in total. The molecule has 8 heteroatoms. The third-order valence-corrected chi connectivity index (χ3v) is 4.83. The molecule has 8 nitrogen and oxygen atoms in total. The summed E-state index contributed by atoms with van der Waals surface area (Å²) in [6.45, 7) is 4.91. The molecule has 0 bridgehead atoms. The monoisotopic (exact) mass is 391 g/mol. The number of hydrogen-bond acceptors (Lipinski definition) is 4. The second kappa shape index (κ2) is 7.38. The molecule has 1 saturated heterocycles.